The lowest BCUT2D eigenvalue weighted by atomic mass is 10.2. The Morgan fingerprint density at radius 3 is 2.52 bits per heavy atom. The monoisotopic (exact) mass is 376 g/mol. The van der Waals surface area contributed by atoms with E-state index in [0.29, 0.717) is 4.88 Å². The number of carbonyl (C=O) groups excluding carboxylic acids is 1. The van der Waals surface area contributed by atoms with Gasteiger partial charge in [0.1, 0.15) is 0 Å². The fraction of sp³-hybridized carbons (Fsp3) is 0.118. The molecule has 2 aromatic carbocycles. The molecule has 0 atom stereocenters. The van der Waals surface area contributed by atoms with Gasteiger partial charge in [-0.2, -0.15) is 0 Å². The van der Waals surface area contributed by atoms with Gasteiger partial charge in [-0.1, -0.05) is 42.5 Å². The standard InChI is InChI=1S/C17H16N2O4S2/c20-17(19-21)16-9-14-7-6-13(8-15(14)24-16)10-18-25(22,23)11-12-4-2-1-3-5-12/h1-9,18,21H,10-11H2,(H,19,20). The first-order valence-electron chi connectivity index (χ1n) is 7.45. The van der Waals surface area contributed by atoms with Crippen molar-refractivity contribution in [2.45, 2.75) is 12.3 Å². The predicted molar refractivity (Wildman–Crippen MR) is 97.0 cm³/mol. The van der Waals surface area contributed by atoms with Crippen LogP contribution in [0.25, 0.3) is 10.1 Å². The third-order valence-electron chi connectivity index (χ3n) is 3.61. The van der Waals surface area contributed by atoms with Crippen LogP contribution in [0.4, 0.5) is 0 Å². The number of sulfonamides is 1. The average Bonchev–Trinajstić information content (AvgIpc) is 3.03. The number of rotatable bonds is 6. The highest BCUT2D eigenvalue weighted by atomic mass is 32.2. The number of carbonyl (C=O) groups is 1. The Morgan fingerprint density at radius 1 is 1.04 bits per heavy atom. The van der Waals surface area contributed by atoms with Gasteiger partial charge in [0, 0.05) is 11.2 Å². The molecule has 3 N–H and O–H groups in total. The molecule has 0 saturated heterocycles. The summed E-state index contributed by atoms with van der Waals surface area (Å²) in [6, 6.07) is 16.1. The van der Waals surface area contributed by atoms with Gasteiger partial charge in [0.05, 0.1) is 10.6 Å². The number of nitrogens with one attached hydrogen (secondary N) is 2. The van der Waals surface area contributed by atoms with Crippen molar-refractivity contribution in [1.29, 1.82) is 0 Å². The van der Waals surface area contributed by atoms with E-state index >= 15 is 0 Å². The van der Waals surface area contributed by atoms with Crippen LogP contribution in [0, 0.1) is 0 Å². The minimum atomic E-state index is -3.44. The van der Waals surface area contributed by atoms with Gasteiger partial charge in [-0.25, -0.2) is 18.6 Å². The largest absolute Gasteiger partial charge is 0.288 e. The third-order valence-corrected chi connectivity index (χ3v) is 6.00. The normalized spacial score (nSPS) is 11.6. The van der Waals surface area contributed by atoms with E-state index in [9.17, 15) is 13.2 Å². The van der Waals surface area contributed by atoms with Crippen molar-refractivity contribution >= 4 is 37.4 Å². The van der Waals surface area contributed by atoms with Crippen LogP contribution in [0.15, 0.2) is 54.6 Å². The Kier molecular flexibility index (Phi) is 5.14. The van der Waals surface area contributed by atoms with Gasteiger partial charge in [0.25, 0.3) is 5.91 Å². The molecule has 3 rings (SSSR count). The summed E-state index contributed by atoms with van der Waals surface area (Å²) in [4.78, 5) is 11.8. The Labute approximate surface area is 149 Å². The van der Waals surface area contributed by atoms with Gasteiger partial charge in [-0.3, -0.25) is 10.0 Å². The molecule has 6 nitrogen and oxygen atoms in total. The van der Waals surface area contributed by atoms with Crippen molar-refractivity contribution < 1.29 is 18.4 Å². The van der Waals surface area contributed by atoms with Crippen LogP contribution in [0.2, 0.25) is 0 Å². The Balaban J connectivity index is 1.71. The summed E-state index contributed by atoms with van der Waals surface area (Å²) in [6.07, 6.45) is 0. The molecule has 130 valence electrons. The lowest BCUT2D eigenvalue weighted by Gasteiger charge is -2.07. The average molecular weight is 376 g/mol. The van der Waals surface area contributed by atoms with E-state index in [1.807, 2.05) is 18.2 Å². The van der Waals surface area contributed by atoms with Crippen molar-refractivity contribution in [3.8, 4) is 0 Å². The highest BCUT2D eigenvalue weighted by Gasteiger charge is 2.13. The van der Waals surface area contributed by atoms with Crippen LogP contribution >= 0.6 is 11.3 Å². The molecule has 1 heterocycles. The first-order chi connectivity index (χ1) is 12.0. The minimum absolute atomic E-state index is 0.0735. The molecule has 0 spiro atoms. The van der Waals surface area contributed by atoms with Crippen molar-refractivity contribution in [3.05, 3.63) is 70.6 Å². The van der Waals surface area contributed by atoms with Gasteiger partial charge in [0.2, 0.25) is 10.0 Å². The first-order valence-corrected chi connectivity index (χ1v) is 9.92. The summed E-state index contributed by atoms with van der Waals surface area (Å²) in [5.41, 5.74) is 3.12. The topological polar surface area (TPSA) is 95.5 Å². The van der Waals surface area contributed by atoms with E-state index in [1.165, 1.54) is 11.3 Å². The van der Waals surface area contributed by atoms with E-state index in [2.05, 4.69) is 4.72 Å². The summed E-state index contributed by atoms with van der Waals surface area (Å²) < 4.78 is 27.8. The molecule has 0 bridgehead atoms. The maximum atomic E-state index is 12.2. The first kappa shape index (κ1) is 17.6. The van der Waals surface area contributed by atoms with E-state index in [-0.39, 0.29) is 12.3 Å². The number of thiophene rings is 1. The molecule has 25 heavy (non-hydrogen) atoms. The molecular formula is C17H16N2O4S2. The molecule has 1 amide bonds. The Hall–Kier alpha value is -2.26. The summed E-state index contributed by atoms with van der Waals surface area (Å²) in [7, 11) is -3.44. The van der Waals surface area contributed by atoms with Gasteiger partial charge in [0.15, 0.2) is 0 Å². The highest BCUT2D eigenvalue weighted by molar-refractivity contribution is 7.88. The van der Waals surface area contributed by atoms with Gasteiger partial charge >= 0.3 is 0 Å². The number of hydroxylamine groups is 1. The molecule has 0 radical (unpaired) electrons. The number of fused-ring (bicyclic) bond motifs is 1. The zero-order valence-electron chi connectivity index (χ0n) is 13.1. The second-order valence-electron chi connectivity index (χ2n) is 5.49. The summed E-state index contributed by atoms with van der Waals surface area (Å²) in [5.74, 6) is -0.637. The van der Waals surface area contributed by atoms with E-state index in [1.54, 1.807) is 41.9 Å². The number of benzene rings is 2. The molecule has 8 heteroatoms. The quantitative estimate of drug-likeness (QED) is 0.455. The van der Waals surface area contributed by atoms with E-state index in [4.69, 9.17) is 5.21 Å². The molecule has 1 aromatic heterocycles. The molecule has 0 aliphatic rings. The van der Waals surface area contributed by atoms with Crippen molar-refractivity contribution in [3.63, 3.8) is 0 Å². The molecule has 0 aliphatic heterocycles. The van der Waals surface area contributed by atoms with E-state index in [0.717, 1.165) is 21.2 Å². The van der Waals surface area contributed by atoms with Crippen LogP contribution in [0.5, 0.6) is 0 Å². The highest BCUT2D eigenvalue weighted by Crippen LogP contribution is 2.26. The van der Waals surface area contributed by atoms with Gasteiger partial charge < -0.3 is 0 Å². The lowest BCUT2D eigenvalue weighted by Crippen LogP contribution is -2.24. The number of hydrogen-bond acceptors (Lipinski definition) is 5. The number of amides is 1. The van der Waals surface area contributed by atoms with Crippen molar-refractivity contribution in [1.82, 2.24) is 10.2 Å². The van der Waals surface area contributed by atoms with Crippen LogP contribution in [-0.4, -0.2) is 19.5 Å². The van der Waals surface area contributed by atoms with E-state index < -0.39 is 15.9 Å². The zero-order valence-corrected chi connectivity index (χ0v) is 14.7. The smallest absolute Gasteiger partial charge is 0.284 e. The molecule has 0 fully saturated rings. The maximum absolute atomic E-state index is 12.2. The molecule has 3 aromatic rings. The van der Waals surface area contributed by atoms with Crippen LogP contribution < -0.4 is 10.2 Å². The molecule has 0 saturated carbocycles. The second kappa shape index (κ2) is 7.32. The second-order valence-corrected chi connectivity index (χ2v) is 8.38. The fourth-order valence-electron chi connectivity index (χ4n) is 2.39. The summed E-state index contributed by atoms with van der Waals surface area (Å²) >= 11 is 1.23. The third kappa shape index (κ3) is 4.43. The summed E-state index contributed by atoms with van der Waals surface area (Å²) in [6.45, 7) is 0.171. The molecule has 0 unspecified atom stereocenters. The maximum Gasteiger partial charge on any atom is 0.284 e. The van der Waals surface area contributed by atoms with Crippen LogP contribution in [0.3, 0.4) is 0 Å². The predicted octanol–water partition coefficient (Wildman–Crippen LogP) is 2.64. The van der Waals surface area contributed by atoms with Gasteiger partial charge in [-0.05, 0) is 28.6 Å². The number of hydrogen-bond donors (Lipinski definition) is 3. The van der Waals surface area contributed by atoms with Gasteiger partial charge in [-0.15, -0.1) is 11.3 Å². The minimum Gasteiger partial charge on any atom is -0.288 e. The SMILES string of the molecule is O=C(NO)c1cc2ccc(CNS(=O)(=O)Cc3ccccc3)cc2s1. The molecule has 0 aliphatic carbocycles. The van der Waals surface area contributed by atoms with Crippen molar-refractivity contribution in [2.75, 3.05) is 0 Å². The fourth-order valence-corrected chi connectivity index (χ4v) is 4.53. The Bertz CT molecular complexity index is 998. The zero-order chi connectivity index (χ0) is 17.9. The Morgan fingerprint density at radius 2 is 1.80 bits per heavy atom. The molecular weight excluding hydrogens is 360 g/mol. The van der Waals surface area contributed by atoms with Crippen LogP contribution in [-0.2, 0) is 22.3 Å². The van der Waals surface area contributed by atoms with Crippen molar-refractivity contribution in [2.24, 2.45) is 0 Å². The van der Waals surface area contributed by atoms with Crippen LogP contribution in [0.1, 0.15) is 20.8 Å². The summed E-state index contributed by atoms with van der Waals surface area (Å²) in [5, 5.41) is 9.55. The lowest BCUT2D eigenvalue weighted by molar-refractivity contribution is 0.0711.